The highest BCUT2D eigenvalue weighted by Gasteiger charge is 2.33. The summed E-state index contributed by atoms with van der Waals surface area (Å²) in [6, 6.07) is 15.2. The van der Waals surface area contributed by atoms with Crippen LogP contribution in [0.4, 0.5) is 4.39 Å². The van der Waals surface area contributed by atoms with Crippen LogP contribution in [0.15, 0.2) is 48.5 Å². The Kier molecular flexibility index (Phi) is 8.02. The van der Waals surface area contributed by atoms with Crippen molar-refractivity contribution in [2.45, 2.75) is 65.1 Å². The number of carbonyl (C=O) groups excluding carboxylic acids is 1. The fraction of sp³-hybridized carbons (Fsp3) is 0.536. The number of benzene rings is 2. The second kappa shape index (κ2) is 11.1. The van der Waals surface area contributed by atoms with Crippen LogP contribution in [0.25, 0.3) is 0 Å². The Morgan fingerprint density at radius 2 is 1.70 bits per heavy atom. The first-order chi connectivity index (χ1) is 16.0. The van der Waals surface area contributed by atoms with Gasteiger partial charge in [0.1, 0.15) is 11.6 Å². The maximum atomic E-state index is 13.4. The lowest BCUT2D eigenvalue weighted by molar-refractivity contribution is -0.134. The number of fused-ring (bicyclic) bond motifs is 1. The molecule has 2 aliphatic heterocycles. The van der Waals surface area contributed by atoms with Crippen LogP contribution >= 0.6 is 0 Å². The molecule has 178 valence electrons. The minimum atomic E-state index is -0.253. The van der Waals surface area contributed by atoms with Crippen molar-refractivity contribution in [1.82, 2.24) is 9.80 Å². The number of piperidine rings is 1. The molecule has 2 fully saturated rings. The second-order valence-corrected chi connectivity index (χ2v) is 10.2. The van der Waals surface area contributed by atoms with E-state index >= 15 is 0 Å². The molecule has 0 aliphatic carbocycles. The highest BCUT2D eigenvalue weighted by Crippen LogP contribution is 2.32. The van der Waals surface area contributed by atoms with E-state index in [0.29, 0.717) is 44.0 Å². The van der Waals surface area contributed by atoms with Crippen molar-refractivity contribution in [3.8, 4) is 5.75 Å². The lowest BCUT2D eigenvalue weighted by atomic mass is 9.88. The van der Waals surface area contributed by atoms with E-state index in [2.05, 4.69) is 18.7 Å². The van der Waals surface area contributed by atoms with E-state index in [-0.39, 0.29) is 11.7 Å². The summed E-state index contributed by atoms with van der Waals surface area (Å²) in [7, 11) is 0. The molecular formula is C28H37FN2O2. The fourth-order valence-electron chi connectivity index (χ4n) is 5.09. The van der Waals surface area contributed by atoms with Gasteiger partial charge in [0.25, 0.3) is 0 Å². The van der Waals surface area contributed by atoms with E-state index in [0.717, 1.165) is 36.3 Å². The normalized spacial score (nSPS) is 20.6. The Morgan fingerprint density at radius 1 is 1.03 bits per heavy atom. The van der Waals surface area contributed by atoms with Gasteiger partial charge in [-0.1, -0.05) is 38.1 Å². The van der Waals surface area contributed by atoms with E-state index in [1.165, 1.54) is 31.5 Å². The fourth-order valence-corrected chi connectivity index (χ4v) is 5.09. The minimum Gasteiger partial charge on any atom is -0.493 e. The molecule has 0 saturated carbocycles. The molecule has 5 heteroatoms. The average Bonchev–Trinajstić information content (AvgIpc) is 3.27. The molecule has 2 aliphatic rings. The highest BCUT2D eigenvalue weighted by atomic mass is 19.1. The predicted molar refractivity (Wildman–Crippen MR) is 129 cm³/mol. The molecule has 2 aromatic carbocycles. The minimum absolute atomic E-state index is 0.191. The van der Waals surface area contributed by atoms with Crippen molar-refractivity contribution >= 4 is 5.91 Å². The van der Waals surface area contributed by atoms with Gasteiger partial charge < -0.3 is 14.5 Å². The maximum absolute atomic E-state index is 13.4. The molecule has 0 radical (unpaired) electrons. The van der Waals surface area contributed by atoms with E-state index in [1.54, 1.807) is 12.1 Å². The average molecular weight is 453 g/mol. The number of rotatable bonds is 9. The lowest BCUT2D eigenvalue weighted by Crippen LogP contribution is -2.40. The summed E-state index contributed by atoms with van der Waals surface area (Å²) in [6.45, 7) is 8.33. The van der Waals surface area contributed by atoms with Gasteiger partial charge in [0, 0.05) is 25.6 Å². The molecule has 4 nitrogen and oxygen atoms in total. The van der Waals surface area contributed by atoms with Crippen LogP contribution < -0.4 is 4.74 Å². The zero-order chi connectivity index (χ0) is 23.2. The van der Waals surface area contributed by atoms with E-state index in [9.17, 15) is 9.18 Å². The van der Waals surface area contributed by atoms with E-state index in [1.807, 2.05) is 29.2 Å². The molecule has 33 heavy (non-hydrogen) atoms. The van der Waals surface area contributed by atoms with Crippen molar-refractivity contribution in [2.75, 3.05) is 19.7 Å². The van der Waals surface area contributed by atoms with Gasteiger partial charge in [-0.25, -0.2) is 4.39 Å². The van der Waals surface area contributed by atoms with Crippen molar-refractivity contribution < 1.29 is 13.9 Å². The molecule has 1 amide bonds. The Bertz CT molecular complexity index is 897. The maximum Gasteiger partial charge on any atom is 0.223 e. The Morgan fingerprint density at radius 3 is 2.36 bits per heavy atom. The molecule has 2 heterocycles. The number of carbonyl (C=O) groups is 1. The number of hydrogen-bond acceptors (Lipinski definition) is 3. The topological polar surface area (TPSA) is 32.8 Å². The van der Waals surface area contributed by atoms with Crippen LogP contribution in [0.5, 0.6) is 5.75 Å². The zero-order valence-corrected chi connectivity index (χ0v) is 20.0. The van der Waals surface area contributed by atoms with Crippen LogP contribution in [0.2, 0.25) is 0 Å². The van der Waals surface area contributed by atoms with Gasteiger partial charge in [-0.15, -0.1) is 0 Å². The summed E-state index contributed by atoms with van der Waals surface area (Å²) < 4.78 is 19.2. The van der Waals surface area contributed by atoms with Crippen LogP contribution in [0.1, 0.15) is 57.1 Å². The summed E-state index contributed by atoms with van der Waals surface area (Å²) in [5, 5.41) is 0. The number of hydrogen-bond donors (Lipinski definition) is 0. The molecule has 0 bridgehead atoms. The summed E-state index contributed by atoms with van der Waals surface area (Å²) >= 11 is 0. The first-order valence-electron chi connectivity index (χ1n) is 12.4. The highest BCUT2D eigenvalue weighted by molar-refractivity contribution is 5.76. The zero-order valence-electron chi connectivity index (χ0n) is 20.0. The SMILES string of the molecule is CC(C)COc1ccc(CN(Cc2ccc(F)cc2)C(=O)C[C@H]2CCN3CCC[C@@H]3C2)cc1. The molecule has 0 unspecified atom stereocenters. The quantitative estimate of drug-likeness (QED) is 0.493. The van der Waals surface area contributed by atoms with Crippen molar-refractivity contribution in [2.24, 2.45) is 11.8 Å². The van der Waals surface area contributed by atoms with E-state index < -0.39 is 0 Å². The van der Waals surface area contributed by atoms with Crippen LogP contribution in [0.3, 0.4) is 0 Å². The lowest BCUT2D eigenvalue weighted by Gasteiger charge is -2.35. The smallest absolute Gasteiger partial charge is 0.223 e. The number of amides is 1. The van der Waals surface area contributed by atoms with Gasteiger partial charge >= 0.3 is 0 Å². The Labute approximate surface area is 197 Å². The molecule has 0 aromatic heterocycles. The largest absolute Gasteiger partial charge is 0.493 e. The second-order valence-electron chi connectivity index (χ2n) is 10.2. The summed E-state index contributed by atoms with van der Waals surface area (Å²) in [5.74, 6) is 1.73. The van der Waals surface area contributed by atoms with Crippen molar-refractivity contribution in [1.29, 1.82) is 0 Å². The third-order valence-corrected chi connectivity index (χ3v) is 6.91. The first-order valence-corrected chi connectivity index (χ1v) is 12.4. The molecule has 0 N–H and O–H groups in total. The monoisotopic (exact) mass is 452 g/mol. The van der Waals surface area contributed by atoms with Crippen LogP contribution in [-0.4, -0.2) is 41.4 Å². The van der Waals surface area contributed by atoms with Crippen LogP contribution in [0, 0.1) is 17.7 Å². The summed E-state index contributed by atoms with van der Waals surface area (Å²) in [4.78, 5) is 18.0. The van der Waals surface area contributed by atoms with Gasteiger partial charge in [-0.05, 0) is 86.0 Å². The predicted octanol–water partition coefficient (Wildman–Crippen LogP) is 5.65. The molecule has 4 rings (SSSR count). The van der Waals surface area contributed by atoms with Crippen LogP contribution in [-0.2, 0) is 17.9 Å². The molecule has 2 saturated heterocycles. The molecule has 2 aromatic rings. The summed E-state index contributed by atoms with van der Waals surface area (Å²) in [6.07, 6.45) is 5.40. The third-order valence-electron chi connectivity index (χ3n) is 6.91. The van der Waals surface area contributed by atoms with Gasteiger partial charge in [-0.2, -0.15) is 0 Å². The molecule has 2 atom stereocenters. The summed E-state index contributed by atoms with van der Waals surface area (Å²) in [5.41, 5.74) is 2.03. The van der Waals surface area contributed by atoms with Gasteiger partial charge in [-0.3, -0.25) is 4.79 Å². The number of nitrogens with zero attached hydrogens (tertiary/aromatic N) is 2. The van der Waals surface area contributed by atoms with Gasteiger partial charge in [0.2, 0.25) is 5.91 Å². The van der Waals surface area contributed by atoms with Gasteiger partial charge in [0.05, 0.1) is 6.61 Å². The standard InChI is InChI=1S/C28H37FN2O2/c1-21(2)20-33-27-11-7-23(8-12-27)19-31(18-22-5-9-25(29)10-6-22)28(32)17-24-13-15-30-14-3-4-26(30)16-24/h5-12,21,24,26H,3-4,13-20H2,1-2H3/t24-,26+/m0/s1. The molecular weight excluding hydrogens is 415 g/mol. The molecule has 0 spiro atoms. The van der Waals surface area contributed by atoms with Crippen molar-refractivity contribution in [3.05, 3.63) is 65.5 Å². The van der Waals surface area contributed by atoms with Gasteiger partial charge in [0.15, 0.2) is 0 Å². The van der Waals surface area contributed by atoms with E-state index in [4.69, 9.17) is 4.74 Å². The Hall–Kier alpha value is -2.40. The number of halogens is 1. The number of ether oxygens (including phenoxy) is 1. The van der Waals surface area contributed by atoms with Crippen molar-refractivity contribution in [3.63, 3.8) is 0 Å². The first kappa shape index (κ1) is 23.7. The third kappa shape index (κ3) is 6.80. The Balaban J connectivity index is 1.42.